The standard InChI is InChI=1S/C7H11BO3/c1-5(2)6-3-7(8(9)10)11-4-6/h3-5,9-10H,1-2H3. The van der Waals surface area contributed by atoms with Crippen LogP contribution in [0.4, 0.5) is 0 Å². The quantitative estimate of drug-likeness (QED) is 0.593. The van der Waals surface area contributed by atoms with Gasteiger partial charge in [0.15, 0.2) is 0 Å². The van der Waals surface area contributed by atoms with E-state index in [9.17, 15) is 0 Å². The second-order valence-electron chi connectivity index (χ2n) is 2.81. The summed E-state index contributed by atoms with van der Waals surface area (Å²) >= 11 is 0. The van der Waals surface area contributed by atoms with Crippen LogP contribution in [0.2, 0.25) is 0 Å². The van der Waals surface area contributed by atoms with Crippen molar-refractivity contribution in [2.75, 3.05) is 0 Å². The summed E-state index contributed by atoms with van der Waals surface area (Å²) in [7, 11) is -1.50. The van der Waals surface area contributed by atoms with Gasteiger partial charge in [-0.3, -0.25) is 0 Å². The second-order valence-corrected chi connectivity index (χ2v) is 2.81. The third-order valence-electron chi connectivity index (χ3n) is 1.56. The molecule has 0 aliphatic rings. The number of hydrogen-bond donors (Lipinski definition) is 2. The molecule has 1 aromatic heterocycles. The zero-order valence-electron chi connectivity index (χ0n) is 6.61. The molecule has 3 nitrogen and oxygen atoms in total. The highest BCUT2D eigenvalue weighted by Crippen LogP contribution is 2.12. The minimum atomic E-state index is -1.50. The minimum Gasteiger partial charge on any atom is -0.473 e. The fourth-order valence-electron chi connectivity index (χ4n) is 0.807. The van der Waals surface area contributed by atoms with Crippen LogP contribution < -0.4 is 5.66 Å². The molecule has 4 heteroatoms. The fourth-order valence-corrected chi connectivity index (χ4v) is 0.807. The lowest BCUT2D eigenvalue weighted by Crippen LogP contribution is -2.28. The summed E-state index contributed by atoms with van der Waals surface area (Å²) in [4.78, 5) is 0. The molecule has 0 amide bonds. The Labute approximate surface area is 65.8 Å². The molecule has 60 valence electrons. The largest absolute Gasteiger partial charge is 0.526 e. The maximum Gasteiger partial charge on any atom is 0.526 e. The topological polar surface area (TPSA) is 53.6 Å². The Morgan fingerprint density at radius 3 is 2.36 bits per heavy atom. The molecule has 0 fully saturated rings. The molecule has 2 N–H and O–H groups in total. The molecular weight excluding hydrogens is 143 g/mol. The van der Waals surface area contributed by atoms with Gasteiger partial charge in [0.25, 0.3) is 0 Å². The molecule has 1 rings (SSSR count). The van der Waals surface area contributed by atoms with Crippen LogP contribution in [-0.2, 0) is 0 Å². The Hall–Kier alpha value is -0.735. The van der Waals surface area contributed by atoms with Crippen LogP contribution in [0.3, 0.4) is 0 Å². The van der Waals surface area contributed by atoms with E-state index in [1.165, 1.54) is 0 Å². The lowest BCUT2D eigenvalue weighted by atomic mass is 9.87. The third-order valence-corrected chi connectivity index (χ3v) is 1.56. The van der Waals surface area contributed by atoms with Gasteiger partial charge in [0.1, 0.15) is 5.66 Å². The summed E-state index contributed by atoms with van der Waals surface area (Å²) in [5.74, 6) is 0.353. The molecular formula is C7H11BO3. The molecule has 0 aromatic carbocycles. The van der Waals surface area contributed by atoms with E-state index < -0.39 is 7.12 Å². The van der Waals surface area contributed by atoms with Crippen LogP contribution in [0.25, 0.3) is 0 Å². The Kier molecular flexibility index (Phi) is 2.36. The molecule has 0 aliphatic heterocycles. The van der Waals surface area contributed by atoms with Crippen LogP contribution in [0.5, 0.6) is 0 Å². The van der Waals surface area contributed by atoms with E-state index in [1.54, 1.807) is 12.3 Å². The van der Waals surface area contributed by atoms with E-state index in [4.69, 9.17) is 14.5 Å². The maximum atomic E-state index is 8.68. The van der Waals surface area contributed by atoms with E-state index in [2.05, 4.69) is 0 Å². The van der Waals surface area contributed by atoms with Crippen molar-refractivity contribution in [3.05, 3.63) is 17.9 Å². The van der Waals surface area contributed by atoms with E-state index in [-0.39, 0.29) is 5.66 Å². The Morgan fingerprint density at radius 1 is 1.45 bits per heavy atom. The molecule has 0 atom stereocenters. The average molecular weight is 154 g/mol. The van der Waals surface area contributed by atoms with Gasteiger partial charge in [0, 0.05) is 0 Å². The van der Waals surface area contributed by atoms with E-state index in [0.29, 0.717) is 5.92 Å². The first-order chi connectivity index (χ1) is 5.11. The summed E-state index contributed by atoms with van der Waals surface area (Å²) in [5, 5.41) is 17.4. The van der Waals surface area contributed by atoms with E-state index in [0.717, 1.165) is 5.56 Å². The minimum absolute atomic E-state index is 0.203. The predicted octanol–water partition coefficient (Wildman–Crippen LogP) is 0.0828. The zero-order valence-corrected chi connectivity index (χ0v) is 6.61. The van der Waals surface area contributed by atoms with Gasteiger partial charge in [-0.25, -0.2) is 0 Å². The number of hydrogen-bond acceptors (Lipinski definition) is 3. The van der Waals surface area contributed by atoms with Gasteiger partial charge in [0.05, 0.1) is 6.26 Å². The molecule has 0 unspecified atom stereocenters. The summed E-state index contributed by atoms with van der Waals surface area (Å²) in [6.45, 7) is 4.02. The van der Waals surface area contributed by atoms with Crippen LogP contribution in [0, 0.1) is 0 Å². The smallest absolute Gasteiger partial charge is 0.473 e. The number of rotatable bonds is 2. The molecule has 1 heterocycles. The lowest BCUT2D eigenvalue weighted by molar-refractivity contribution is 0.409. The Balaban J connectivity index is 2.82. The molecule has 0 radical (unpaired) electrons. The highest BCUT2D eigenvalue weighted by molar-refractivity contribution is 6.57. The first-order valence-electron chi connectivity index (χ1n) is 3.55. The first kappa shape index (κ1) is 8.36. The van der Waals surface area contributed by atoms with Crippen LogP contribution in [0.1, 0.15) is 25.3 Å². The number of furan rings is 1. The van der Waals surface area contributed by atoms with Gasteiger partial charge >= 0.3 is 7.12 Å². The van der Waals surface area contributed by atoms with Gasteiger partial charge in [-0.15, -0.1) is 0 Å². The van der Waals surface area contributed by atoms with Crippen molar-refractivity contribution in [3.63, 3.8) is 0 Å². The van der Waals surface area contributed by atoms with Crippen molar-refractivity contribution in [2.45, 2.75) is 19.8 Å². The van der Waals surface area contributed by atoms with Crippen molar-refractivity contribution in [2.24, 2.45) is 0 Å². The van der Waals surface area contributed by atoms with Crippen molar-refractivity contribution in [3.8, 4) is 0 Å². The van der Waals surface area contributed by atoms with E-state index >= 15 is 0 Å². The second kappa shape index (κ2) is 3.11. The van der Waals surface area contributed by atoms with Crippen molar-refractivity contribution < 1.29 is 14.5 Å². The van der Waals surface area contributed by atoms with E-state index in [1.807, 2.05) is 13.8 Å². The van der Waals surface area contributed by atoms with Crippen molar-refractivity contribution in [1.29, 1.82) is 0 Å². The summed E-state index contributed by atoms with van der Waals surface area (Å²) in [5.41, 5.74) is 1.18. The molecule has 11 heavy (non-hydrogen) atoms. The van der Waals surface area contributed by atoms with Gasteiger partial charge in [-0.1, -0.05) is 13.8 Å². The van der Waals surface area contributed by atoms with Crippen LogP contribution in [-0.4, -0.2) is 17.2 Å². The van der Waals surface area contributed by atoms with Gasteiger partial charge in [0.2, 0.25) is 0 Å². The molecule has 0 aliphatic carbocycles. The maximum absolute atomic E-state index is 8.68. The Morgan fingerprint density at radius 2 is 2.09 bits per heavy atom. The predicted molar refractivity (Wildman–Crippen MR) is 42.6 cm³/mol. The normalized spacial score (nSPS) is 10.6. The van der Waals surface area contributed by atoms with Gasteiger partial charge in [-0.05, 0) is 17.5 Å². The average Bonchev–Trinajstić information content (AvgIpc) is 2.33. The third kappa shape index (κ3) is 1.85. The highest BCUT2D eigenvalue weighted by Gasteiger charge is 2.16. The fraction of sp³-hybridized carbons (Fsp3) is 0.429. The monoisotopic (exact) mass is 154 g/mol. The summed E-state index contributed by atoms with van der Waals surface area (Å²) < 4.78 is 4.89. The zero-order chi connectivity index (χ0) is 8.43. The van der Waals surface area contributed by atoms with Crippen LogP contribution in [0.15, 0.2) is 16.7 Å². The summed E-state index contributed by atoms with van der Waals surface area (Å²) in [6.07, 6.45) is 1.54. The van der Waals surface area contributed by atoms with Gasteiger partial charge < -0.3 is 14.5 Å². The van der Waals surface area contributed by atoms with Crippen LogP contribution >= 0.6 is 0 Å². The summed E-state index contributed by atoms with van der Waals surface area (Å²) in [6, 6.07) is 1.65. The molecule has 0 saturated heterocycles. The molecule has 1 aromatic rings. The molecule has 0 bridgehead atoms. The SMILES string of the molecule is CC(C)c1coc(B(O)O)c1. The van der Waals surface area contributed by atoms with Crippen molar-refractivity contribution >= 4 is 12.8 Å². The molecule has 0 spiro atoms. The first-order valence-corrected chi connectivity index (χ1v) is 3.55. The Bertz CT molecular complexity index is 207. The lowest BCUT2D eigenvalue weighted by Gasteiger charge is -1.95. The van der Waals surface area contributed by atoms with Crippen molar-refractivity contribution in [1.82, 2.24) is 0 Å². The van der Waals surface area contributed by atoms with Gasteiger partial charge in [-0.2, -0.15) is 0 Å². The molecule has 0 saturated carbocycles. The highest BCUT2D eigenvalue weighted by atomic mass is 16.4.